The quantitative estimate of drug-likeness (QED) is 0.948. The molecular weight excluding hydrogens is 290 g/mol. The molecule has 0 fully saturated rings. The Morgan fingerprint density at radius 2 is 2.09 bits per heavy atom. The van der Waals surface area contributed by atoms with Crippen molar-refractivity contribution in [2.75, 3.05) is 16.8 Å². The number of hydrogen-bond acceptors (Lipinski definition) is 3. The van der Waals surface area contributed by atoms with Crippen molar-refractivity contribution in [3.63, 3.8) is 0 Å². The van der Waals surface area contributed by atoms with E-state index >= 15 is 0 Å². The lowest BCUT2D eigenvalue weighted by Gasteiger charge is -2.20. The van der Waals surface area contributed by atoms with Crippen LogP contribution >= 0.6 is 0 Å². The monoisotopic (exact) mass is 309 g/mol. The van der Waals surface area contributed by atoms with Crippen LogP contribution in [-0.4, -0.2) is 23.3 Å². The molecule has 5 heteroatoms. The number of anilines is 2. The van der Waals surface area contributed by atoms with Crippen molar-refractivity contribution in [1.82, 2.24) is 4.98 Å². The number of nitrogens with one attached hydrogen (secondary N) is 1. The third kappa shape index (κ3) is 2.70. The number of benzene rings is 1. The zero-order valence-electron chi connectivity index (χ0n) is 13.5. The van der Waals surface area contributed by atoms with Gasteiger partial charge in [0.2, 0.25) is 11.8 Å². The molecule has 0 aliphatic carbocycles. The van der Waals surface area contributed by atoms with Crippen LogP contribution in [-0.2, 0) is 15.0 Å². The number of aryl methyl sites for hydroxylation is 1. The minimum absolute atomic E-state index is 0.00673. The van der Waals surface area contributed by atoms with E-state index in [0.29, 0.717) is 5.69 Å². The largest absolute Gasteiger partial charge is 0.323 e. The minimum Gasteiger partial charge on any atom is -0.323 e. The molecule has 1 aromatic carbocycles. The Balaban J connectivity index is 1.84. The van der Waals surface area contributed by atoms with Gasteiger partial charge in [0.1, 0.15) is 6.54 Å². The van der Waals surface area contributed by atoms with Crippen LogP contribution in [0.5, 0.6) is 0 Å². The molecule has 1 N–H and O–H groups in total. The number of carbonyl (C=O) groups excluding carboxylic acids is 2. The van der Waals surface area contributed by atoms with E-state index in [-0.39, 0.29) is 18.4 Å². The van der Waals surface area contributed by atoms with Crippen LogP contribution in [0, 0.1) is 6.92 Å². The number of fused-ring (bicyclic) bond motifs is 1. The van der Waals surface area contributed by atoms with Crippen LogP contribution < -0.4 is 10.2 Å². The molecule has 3 rings (SSSR count). The van der Waals surface area contributed by atoms with Crippen LogP contribution in [0.4, 0.5) is 11.4 Å². The summed E-state index contributed by atoms with van der Waals surface area (Å²) in [6.45, 7) is 5.78. The van der Waals surface area contributed by atoms with Crippen molar-refractivity contribution < 1.29 is 9.59 Å². The molecule has 2 heterocycles. The van der Waals surface area contributed by atoms with E-state index in [4.69, 9.17) is 0 Å². The Hall–Kier alpha value is -2.69. The molecule has 0 bridgehead atoms. The average molecular weight is 309 g/mol. The van der Waals surface area contributed by atoms with Crippen molar-refractivity contribution >= 4 is 23.2 Å². The fourth-order valence-corrected chi connectivity index (χ4v) is 2.89. The second-order valence-corrected chi connectivity index (χ2v) is 6.33. The van der Waals surface area contributed by atoms with Crippen molar-refractivity contribution in [2.24, 2.45) is 0 Å². The molecule has 5 nitrogen and oxygen atoms in total. The van der Waals surface area contributed by atoms with Gasteiger partial charge in [0.25, 0.3) is 0 Å². The fourth-order valence-electron chi connectivity index (χ4n) is 2.89. The highest BCUT2D eigenvalue weighted by Crippen LogP contribution is 2.41. The maximum atomic E-state index is 12.7. The van der Waals surface area contributed by atoms with Crippen molar-refractivity contribution in [2.45, 2.75) is 26.2 Å². The molecule has 0 radical (unpaired) electrons. The van der Waals surface area contributed by atoms with Crippen LogP contribution in [0.15, 0.2) is 42.7 Å². The van der Waals surface area contributed by atoms with Gasteiger partial charge in [0.15, 0.2) is 0 Å². The lowest BCUT2D eigenvalue weighted by Crippen LogP contribution is -2.40. The van der Waals surface area contributed by atoms with E-state index in [1.54, 1.807) is 29.4 Å². The molecule has 0 saturated heterocycles. The summed E-state index contributed by atoms with van der Waals surface area (Å²) in [5.74, 6) is -0.296. The Bertz CT molecular complexity index is 769. The molecule has 1 aliphatic rings. The first-order valence-electron chi connectivity index (χ1n) is 7.52. The highest BCUT2D eigenvalue weighted by atomic mass is 16.2. The van der Waals surface area contributed by atoms with Gasteiger partial charge in [-0.05, 0) is 44.5 Å². The summed E-state index contributed by atoms with van der Waals surface area (Å²) in [6.07, 6.45) is 3.21. The molecule has 0 atom stereocenters. The molecule has 1 aromatic heterocycles. The summed E-state index contributed by atoms with van der Waals surface area (Å²) in [4.78, 5) is 30.5. The summed E-state index contributed by atoms with van der Waals surface area (Å²) in [5, 5.41) is 2.76. The van der Waals surface area contributed by atoms with E-state index in [9.17, 15) is 9.59 Å². The molecule has 1 aliphatic heterocycles. The molecule has 2 aromatic rings. The van der Waals surface area contributed by atoms with Gasteiger partial charge < -0.3 is 10.2 Å². The molecule has 2 amide bonds. The van der Waals surface area contributed by atoms with Crippen molar-refractivity contribution in [3.8, 4) is 0 Å². The maximum Gasteiger partial charge on any atom is 0.244 e. The Labute approximate surface area is 135 Å². The highest BCUT2D eigenvalue weighted by molar-refractivity contribution is 6.11. The molecular formula is C18H19N3O2. The predicted octanol–water partition coefficient (Wildman–Crippen LogP) is 2.65. The van der Waals surface area contributed by atoms with Gasteiger partial charge in [-0.3, -0.25) is 14.6 Å². The minimum atomic E-state index is -0.615. The molecule has 23 heavy (non-hydrogen) atoms. The standard InChI is InChI=1S/C18H19N3O2/c1-12-6-7-15-14(9-12)18(2,3)17(23)21(15)11-16(22)20-13-5-4-8-19-10-13/h4-10H,11H2,1-3H3,(H,20,22). The zero-order chi connectivity index (χ0) is 16.6. The van der Waals surface area contributed by atoms with Gasteiger partial charge in [0, 0.05) is 11.9 Å². The topological polar surface area (TPSA) is 62.3 Å². The van der Waals surface area contributed by atoms with Gasteiger partial charge in [-0.1, -0.05) is 17.7 Å². The zero-order valence-corrected chi connectivity index (χ0v) is 13.5. The lowest BCUT2D eigenvalue weighted by molar-refractivity contribution is -0.124. The normalized spacial score (nSPS) is 15.4. The maximum absolute atomic E-state index is 12.7. The Morgan fingerprint density at radius 3 is 2.78 bits per heavy atom. The average Bonchev–Trinajstić information content (AvgIpc) is 2.69. The summed E-state index contributed by atoms with van der Waals surface area (Å²) in [6, 6.07) is 9.40. The number of nitrogens with zero attached hydrogens (tertiary/aromatic N) is 2. The van der Waals surface area contributed by atoms with Crippen molar-refractivity contribution in [3.05, 3.63) is 53.9 Å². The van der Waals surface area contributed by atoms with Gasteiger partial charge in [-0.15, -0.1) is 0 Å². The number of pyridine rings is 1. The SMILES string of the molecule is Cc1ccc2c(c1)C(C)(C)C(=O)N2CC(=O)Nc1cccnc1. The van der Waals surface area contributed by atoms with Crippen LogP contribution in [0.2, 0.25) is 0 Å². The van der Waals surface area contributed by atoms with E-state index in [0.717, 1.165) is 16.8 Å². The number of rotatable bonds is 3. The van der Waals surface area contributed by atoms with Gasteiger partial charge in [0.05, 0.1) is 17.3 Å². The van der Waals surface area contributed by atoms with E-state index < -0.39 is 5.41 Å². The summed E-state index contributed by atoms with van der Waals surface area (Å²) in [5.41, 5.74) is 2.89. The van der Waals surface area contributed by atoms with Gasteiger partial charge in [-0.2, -0.15) is 0 Å². The third-order valence-corrected chi connectivity index (χ3v) is 4.14. The number of amides is 2. The first kappa shape index (κ1) is 15.2. The number of hydrogen-bond donors (Lipinski definition) is 1. The molecule has 0 spiro atoms. The summed E-state index contributed by atoms with van der Waals surface area (Å²) in [7, 11) is 0. The van der Waals surface area contributed by atoms with Crippen molar-refractivity contribution in [1.29, 1.82) is 0 Å². The highest BCUT2D eigenvalue weighted by Gasteiger charge is 2.44. The number of aromatic nitrogens is 1. The Morgan fingerprint density at radius 1 is 1.30 bits per heavy atom. The molecule has 0 unspecified atom stereocenters. The van der Waals surface area contributed by atoms with Crippen LogP contribution in [0.25, 0.3) is 0 Å². The van der Waals surface area contributed by atoms with E-state index in [1.165, 1.54) is 0 Å². The molecule has 118 valence electrons. The lowest BCUT2D eigenvalue weighted by atomic mass is 9.85. The Kier molecular flexibility index (Phi) is 3.64. The summed E-state index contributed by atoms with van der Waals surface area (Å²) >= 11 is 0. The first-order valence-corrected chi connectivity index (χ1v) is 7.52. The predicted molar refractivity (Wildman–Crippen MR) is 89.4 cm³/mol. The third-order valence-electron chi connectivity index (χ3n) is 4.14. The molecule has 0 saturated carbocycles. The summed E-state index contributed by atoms with van der Waals surface area (Å²) < 4.78 is 0. The second-order valence-electron chi connectivity index (χ2n) is 6.33. The van der Waals surface area contributed by atoms with E-state index in [2.05, 4.69) is 10.3 Å². The van der Waals surface area contributed by atoms with Crippen LogP contribution in [0.3, 0.4) is 0 Å². The van der Waals surface area contributed by atoms with Gasteiger partial charge in [-0.25, -0.2) is 0 Å². The first-order chi connectivity index (χ1) is 10.9. The fraction of sp³-hybridized carbons (Fsp3) is 0.278. The van der Waals surface area contributed by atoms with Gasteiger partial charge >= 0.3 is 0 Å². The smallest absolute Gasteiger partial charge is 0.244 e. The second kappa shape index (κ2) is 5.50. The van der Waals surface area contributed by atoms with E-state index in [1.807, 2.05) is 39.0 Å². The number of carbonyl (C=O) groups is 2. The van der Waals surface area contributed by atoms with Crippen LogP contribution in [0.1, 0.15) is 25.0 Å².